The average molecular weight is 482 g/mol. The lowest BCUT2D eigenvalue weighted by molar-refractivity contribution is -0.0720. The van der Waals surface area contributed by atoms with Crippen molar-refractivity contribution in [3.63, 3.8) is 0 Å². The Morgan fingerprint density at radius 2 is 2.06 bits per heavy atom. The highest BCUT2D eigenvalue weighted by Gasteiger charge is 2.65. The van der Waals surface area contributed by atoms with Crippen LogP contribution in [0.25, 0.3) is 0 Å². The molecule has 33 heavy (non-hydrogen) atoms. The Balaban J connectivity index is 1.42. The smallest absolute Gasteiger partial charge is 0.281 e. The Morgan fingerprint density at radius 3 is 2.70 bits per heavy atom. The molecule has 2 heterocycles. The lowest BCUT2D eigenvalue weighted by atomic mass is 10.1. The molecule has 0 bridgehead atoms. The van der Waals surface area contributed by atoms with Gasteiger partial charge in [-0.1, -0.05) is 0 Å². The molecule has 0 spiro atoms. The largest absolute Gasteiger partial charge is 0.484 e. The van der Waals surface area contributed by atoms with Crippen LogP contribution in [0.5, 0.6) is 5.75 Å². The minimum absolute atomic E-state index is 0.0605. The first kappa shape index (κ1) is 22.2. The number of amides is 1. The average Bonchev–Trinajstić information content (AvgIpc) is 3.61. The van der Waals surface area contributed by atoms with Crippen LogP contribution in [0, 0.1) is 5.92 Å². The first-order valence-electron chi connectivity index (χ1n) is 10.9. The fourth-order valence-electron chi connectivity index (χ4n) is 4.37. The van der Waals surface area contributed by atoms with Crippen molar-refractivity contribution in [2.75, 3.05) is 19.3 Å². The zero-order chi connectivity index (χ0) is 23.8. The van der Waals surface area contributed by atoms with E-state index in [1.54, 1.807) is 4.90 Å². The molecule has 1 amide bonds. The number of ether oxygens (including phenoxy) is 1. The summed E-state index contributed by atoms with van der Waals surface area (Å²) in [6.45, 7) is 2.70. The van der Waals surface area contributed by atoms with Crippen LogP contribution < -0.4 is 4.74 Å². The molecule has 2 aromatic rings. The summed E-state index contributed by atoms with van der Waals surface area (Å²) in [7, 11) is -3.62. The van der Waals surface area contributed by atoms with E-state index in [4.69, 9.17) is 9.15 Å². The second-order valence-electron chi connectivity index (χ2n) is 9.61. The number of hydrogen-bond acceptors (Lipinski definition) is 7. The normalized spacial score (nSPS) is 25.6. The Morgan fingerprint density at radius 1 is 1.33 bits per heavy atom. The third kappa shape index (κ3) is 4.00. The monoisotopic (exact) mass is 481 g/mol. The number of piperidine rings is 1. The van der Waals surface area contributed by atoms with Crippen LogP contribution in [0.1, 0.15) is 61.2 Å². The quantitative estimate of drug-likeness (QED) is 0.598. The van der Waals surface area contributed by atoms with Crippen molar-refractivity contribution in [1.82, 2.24) is 15.1 Å². The van der Waals surface area contributed by atoms with Gasteiger partial charge in [0.05, 0.1) is 15.9 Å². The number of benzene rings is 1. The highest BCUT2D eigenvalue weighted by molar-refractivity contribution is 7.90. The number of rotatable bonds is 7. The third-order valence-electron chi connectivity index (χ3n) is 6.85. The number of fused-ring (bicyclic) bond motifs is 1. The van der Waals surface area contributed by atoms with Crippen molar-refractivity contribution < 1.29 is 31.1 Å². The molecule has 3 aliphatic rings. The Kier molecular flexibility index (Phi) is 4.86. The molecule has 3 atom stereocenters. The van der Waals surface area contributed by atoms with Crippen molar-refractivity contribution in [2.45, 2.75) is 61.4 Å². The number of likely N-dealkylation sites (tertiary alicyclic amines) is 1. The van der Waals surface area contributed by atoms with Crippen LogP contribution in [-0.4, -0.2) is 60.8 Å². The number of aromatic nitrogens is 2. The second kappa shape index (κ2) is 7.22. The first-order chi connectivity index (χ1) is 15.4. The third-order valence-corrected chi connectivity index (χ3v) is 7.96. The number of carbonyl (C=O) groups is 1. The summed E-state index contributed by atoms with van der Waals surface area (Å²) >= 11 is 0. The molecule has 0 radical (unpaired) electrons. The zero-order valence-electron chi connectivity index (χ0n) is 18.5. The molecule has 1 aromatic carbocycles. The highest BCUT2D eigenvalue weighted by atomic mass is 32.2. The maximum absolute atomic E-state index is 13.7. The number of sulfone groups is 1. The molecule has 1 saturated heterocycles. The van der Waals surface area contributed by atoms with Crippen LogP contribution in [0.15, 0.2) is 27.5 Å². The van der Waals surface area contributed by atoms with E-state index in [0.717, 1.165) is 32.4 Å². The minimum Gasteiger partial charge on any atom is -0.484 e. The molecular weight excluding hydrogens is 456 g/mol. The topological polar surface area (TPSA) is 103 Å². The fourth-order valence-corrected chi connectivity index (χ4v) is 5.02. The standard InChI is InChI=1S/C22H25F2N3O5S/c1-12(21(2,23)24)31-17-7-6-15(33(3,29)30)8-16(17)19(28)27-10-14-9-22(14,11-27)20-26-25-18(32-20)13-4-5-13/h6-8,12-14H,4-5,9-11H2,1-3H3/t12-,14?,22?/m0/s1. The number of alkyl halides is 2. The van der Waals surface area contributed by atoms with Gasteiger partial charge in [0.25, 0.3) is 11.8 Å². The minimum atomic E-state index is -3.62. The lowest BCUT2D eigenvalue weighted by Gasteiger charge is -2.25. The molecule has 1 aliphatic heterocycles. The van der Waals surface area contributed by atoms with E-state index in [0.29, 0.717) is 30.8 Å². The van der Waals surface area contributed by atoms with Crippen LogP contribution in [-0.2, 0) is 15.3 Å². The summed E-state index contributed by atoms with van der Waals surface area (Å²) in [4.78, 5) is 14.9. The summed E-state index contributed by atoms with van der Waals surface area (Å²) < 4.78 is 62.9. The molecule has 5 rings (SSSR count). The zero-order valence-corrected chi connectivity index (χ0v) is 19.4. The van der Waals surface area contributed by atoms with Gasteiger partial charge in [0.2, 0.25) is 11.8 Å². The molecule has 178 valence electrons. The Labute approximate surface area is 190 Å². The van der Waals surface area contributed by atoms with Crippen molar-refractivity contribution in [3.8, 4) is 5.75 Å². The van der Waals surface area contributed by atoms with Gasteiger partial charge in [0.15, 0.2) is 15.9 Å². The fraction of sp³-hybridized carbons (Fsp3) is 0.591. The van der Waals surface area contributed by atoms with Crippen molar-refractivity contribution in [3.05, 3.63) is 35.5 Å². The summed E-state index contributed by atoms with van der Waals surface area (Å²) in [6.07, 6.45) is 2.42. The Hall–Kier alpha value is -2.56. The van der Waals surface area contributed by atoms with Crippen molar-refractivity contribution >= 4 is 15.7 Å². The number of hydrogen-bond donors (Lipinski definition) is 0. The second-order valence-corrected chi connectivity index (χ2v) is 11.6. The molecule has 11 heteroatoms. The molecule has 0 N–H and O–H groups in total. The molecule has 2 saturated carbocycles. The van der Waals surface area contributed by atoms with Crippen molar-refractivity contribution in [1.29, 1.82) is 0 Å². The van der Waals surface area contributed by atoms with E-state index >= 15 is 0 Å². The highest BCUT2D eigenvalue weighted by Crippen LogP contribution is 2.59. The number of carbonyl (C=O) groups excluding carboxylic acids is 1. The van der Waals surface area contributed by atoms with Gasteiger partial charge in [-0.05, 0) is 50.3 Å². The van der Waals surface area contributed by atoms with Gasteiger partial charge in [-0.15, -0.1) is 10.2 Å². The summed E-state index contributed by atoms with van der Waals surface area (Å²) in [6, 6.07) is 3.71. The molecule has 8 nitrogen and oxygen atoms in total. The first-order valence-corrected chi connectivity index (χ1v) is 12.8. The van der Waals surface area contributed by atoms with E-state index in [2.05, 4.69) is 10.2 Å². The summed E-state index contributed by atoms with van der Waals surface area (Å²) in [5, 5.41) is 8.38. The van der Waals surface area contributed by atoms with Crippen molar-refractivity contribution in [2.24, 2.45) is 5.92 Å². The maximum Gasteiger partial charge on any atom is 0.281 e. The van der Waals surface area contributed by atoms with Crippen LogP contribution in [0.4, 0.5) is 8.78 Å². The maximum atomic E-state index is 13.7. The predicted octanol–water partition coefficient (Wildman–Crippen LogP) is 3.19. The van der Waals surface area contributed by atoms with Gasteiger partial charge in [0.1, 0.15) is 5.75 Å². The number of halogens is 2. The van der Waals surface area contributed by atoms with Gasteiger partial charge in [-0.2, -0.15) is 0 Å². The van der Waals surface area contributed by atoms with Gasteiger partial charge in [-0.3, -0.25) is 4.79 Å². The molecule has 2 aliphatic carbocycles. The van der Waals surface area contributed by atoms with E-state index in [-0.39, 0.29) is 22.1 Å². The van der Waals surface area contributed by atoms with Gasteiger partial charge >= 0.3 is 0 Å². The van der Waals surface area contributed by atoms with E-state index in [9.17, 15) is 22.0 Å². The summed E-state index contributed by atoms with van der Waals surface area (Å²) in [5.41, 5.74) is -0.454. The van der Waals surface area contributed by atoms with Gasteiger partial charge in [-0.25, -0.2) is 17.2 Å². The molecule has 2 unspecified atom stereocenters. The van der Waals surface area contributed by atoms with Crippen LogP contribution in [0.2, 0.25) is 0 Å². The lowest BCUT2D eigenvalue weighted by Crippen LogP contribution is -2.35. The predicted molar refractivity (Wildman–Crippen MR) is 112 cm³/mol. The summed E-state index contributed by atoms with van der Waals surface area (Å²) in [5.74, 6) is -2.04. The Bertz CT molecular complexity index is 1220. The van der Waals surface area contributed by atoms with E-state index < -0.39 is 33.2 Å². The van der Waals surface area contributed by atoms with E-state index in [1.165, 1.54) is 25.1 Å². The molecular formula is C22H25F2N3O5S. The van der Waals surface area contributed by atoms with Gasteiger partial charge < -0.3 is 14.1 Å². The SMILES string of the molecule is C[C@H](Oc1ccc(S(C)(=O)=O)cc1C(=O)N1CC2CC2(c2nnc(C3CC3)o2)C1)C(C)(F)F. The molecule has 3 fully saturated rings. The van der Waals surface area contributed by atoms with Crippen LogP contribution >= 0.6 is 0 Å². The number of nitrogens with zero attached hydrogens (tertiary/aromatic N) is 3. The van der Waals surface area contributed by atoms with E-state index in [1.807, 2.05) is 0 Å². The van der Waals surface area contributed by atoms with Crippen LogP contribution in [0.3, 0.4) is 0 Å². The van der Waals surface area contributed by atoms with Gasteiger partial charge in [0, 0.05) is 32.2 Å². The molecule has 1 aromatic heterocycles.